The Hall–Kier alpha value is -1.92. The number of benzene rings is 1. The fourth-order valence-electron chi connectivity index (χ4n) is 3.37. The van der Waals surface area contributed by atoms with Crippen LogP contribution in [0, 0.1) is 0 Å². The number of nitrogens with zero attached hydrogens (tertiary/aromatic N) is 3. The van der Waals surface area contributed by atoms with E-state index >= 15 is 0 Å². The highest BCUT2D eigenvalue weighted by molar-refractivity contribution is 14.0. The first kappa shape index (κ1) is 25.3. The molecule has 0 radical (unpaired) electrons. The number of hydrogen-bond acceptors (Lipinski definition) is 5. The number of piperidine rings is 1. The van der Waals surface area contributed by atoms with Gasteiger partial charge in [-0.2, -0.15) is 0 Å². The Balaban J connectivity index is 0.00000341. The van der Waals surface area contributed by atoms with Crippen molar-refractivity contribution in [3.8, 4) is 0 Å². The molecule has 1 aliphatic heterocycles. The van der Waals surface area contributed by atoms with Gasteiger partial charge in [-0.05, 0) is 44.0 Å². The minimum atomic E-state index is -3.56. The lowest BCUT2D eigenvalue weighted by Crippen LogP contribution is -2.49. The van der Waals surface area contributed by atoms with Crippen LogP contribution in [0.25, 0.3) is 0 Å². The summed E-state index contributed by atoms with van der Waals surface area (Å²) >= 11 is 0. The molecule has 0 atom stereocenters. The molecule has 1 aromatic carbocycles. The predicted molar refractivity (Wildman–Crippen MR) is 136 cm³/mol. The highest BCUT2D eigenvalue weighted by atomic mass is 127. The zero-order chi connectivity index (χ0) is 21.2. The molecule has 1 aliphatic rings. The van der Waals surface area contributed by atoms with Gasteiger partial charge in [0, 0.05) is 50.3 Å². The number of aliphatic imine (C=N–C) groups is 1. The van der Waals surface area contributed by atoms with Gasteiger partial charge < -0.3 is 15.5 Å². The van der Waals surface area contributed by atoms with Gasteiger partial charge in [0.2, 0.25) is 10.0 Å². The number of rotatable bonds is 8. The Morgan fingerprint density at radius 1 is 1.16 bits per heavy atom. The standard InChI is InChI=1S/C21H30N6O2S.HI/c1-2-23-21(24-13-14-25-30(28,29)20-9-6-12-22-17-20)26-18-10-15-27(16-11-18)19-7-4-3-5-8-19;/h3-9,12,17-18,25H,2,10-11,13-16H2,1H3,(H2,23,24,26);1H. The molecule has 0 aliphatic carbocycles. The largest absolute Gasteiger partial charge is 0.371 e. The second-order valence-electron chi connectivity index (χ2n) is 7.09. The second-order valence-corrected chi connectivity index (χ2v) is 8.86. The van der Waals surface area contributed by atoms with Crippen LogP contribution in [0.4, 0.5) is 5.69 Å². The van der Waals surface area contributed by atoms with Crippen LogP contribution in [0.1, 0.15) is 19.8 Å². The highest BCUT2D eigenvalue weighted by Crippen LogP contribution is 2.19. The molecule has 0 amide bonds. The number of nitrogens with one attached hydrogen (secondary N) is 3. The van der Waals surface area contributed by atoms with E-state index in [2.05, 4.69) is 54.5 Å². The van der Waals surface area contributed by atoms with Crippen LogP contribution in [-0.4, -0.2) is 58.1 Å². The van der Waals surface area contributed by atoms with E-state index in [4.69, 9.17) is 0 Å². The number of halogens is 1. The van der Waals surface area contributed by atoms with Gasteiger partial charge in [-0.25, -0.2) is 13.1 Å². The maximum Gasteiger partial charge on any atom is 0.242 e. The molecule has 3 N–H and O–H groups in total. The minimum Gasteiger partial charge on any atom is -0.371 e. The Bertz CT molecular complexity index is 904. The van der Waals surface area contributed by atoms with E-state index in [-0.39, 0.29) is 35.4 Å². The first-order valence-corrected chi connectivity index (χ1v) is 11.8. The summed E-state index contributed by atoms with van der Waals surface area (Å²) in [5, 5.41) is 6.72. The summed E-state index contributed by atoms with van der Waals surface area (Å²) in [6.07, 6.45) is 4.92. The zero-order valence-electron chi connectivity index (χ0n) is 17.7. The SMILES string of the molecule is CCNC(=NCCNS(=O)(=O)c1cccnc1)NC1CCN(c2ccccc2)CC1.I. The van der Waals surface area contributed by atoms with Gasteiger partial charge in [-0.15, -0.1) is 24.0 Å². The van der Waals surface area contributed by atoms with Gasteiger partial charge in [0.1, 0.15) is 4.90 Å². The third-order valence-corrected chi connectivity index (χ3v) is 6.37. The van der Waals surface area contributed by atoms with Crippen LogP contribution in [0.5, 0.6) is 0 Å². The number of pyridine rings is 1. The molecule has 1 aromatic heterocycles. The maximum absolute atomic E-state index is 12.2. The molecule has 1 fully saturated rings. The average molecular weight is 558 g/mol. The third-order valence-electron chi connectivity index (χ3n) is 4.92. The smallest absolute Gasteiger partial charge is 0.242 e. The molecule has 2 heterocycles. The number of anilines is 1. The van der Waals surface area contributed by atoms with Gasteiger partial charge in [0.05, 0.1) is 6.54 Å². The van der Waals surface area contributed by atoms with Gasteiger partial charge in [-0.1, -0.05) is 18.2 Å². The molecule has 0 spiro atoms. The van der Waals surface area contributed by atoms with E-state index in [0.29, 0.717) is 12.6 Å². The van der Waals surface area contributed by atoms with Crippen molar-refractivity contribution in [2.24, 2.45) is 4.99 Å². The quantitative estimate of drug-likeness (QED) is 0.199. The van der Waals surface area contributed by atoms with Gasteiger partial charge in [0.25, 0.3) is 0 Å². The molecule has 2 aromatic rings. The van der Waals surface area contributed by atoms with Gasteiger partial charge >= 0.3 is 0 Å². The van der Waals surface area contributed by atoms with E-state index in [9.17, 15) is 8.42 Å². The summed E-state index contributed by atoms with van der Waals surface area (Å²) in [6.45, 7) is 5.31. The van der Waals surface area contributed by atoms with Crippen LogP contribution < -0.4 is 20.3 Å². The number of aromatic nitrogens is 1. The molecule has 0 saturated carbocycles. The molecule has 10 heteroatoms. The lowest BCUT2D eigenvalue weighted by molar-refractivity contribution is 0.461. The van der Waals surface area contributed by atoms with E-state index in [1.54, 1.807) is 12.3 Å². The molecule has 170 valence electrons. The summed E-state index contributed by atoms with van der Waals surface area (Å²) in [7, 11) is -3.56. The van der Waals surface area contributed by atoms with Crippen molar-refractivity contribution >= 4 is 45.6 Å². The van der Waals surface area contributed by atoms with Crippen molar-refractivity contribution in [2.75, 3.05) is 37.6 Å². The fraction of sp³-hybridized carbons (Fsp3) is 0.429. The number of guanidine groups is 1. The van der Waals surface area contributed by atoms with E-state index in [1.807, 2.05) is 13.0 Å². The molecular weight excluding hydrogens is 527 g/mol. The topological polar surface area (TPSA) is 98.7 Å². The summed E-state index contributed by atoms with van der Waals surface area (Å²) < 4.78 is 27.0. The van der Waals surface area contributed by atoms with E-state index in [1.165, 1.54) is 18.0 Å². The molecule has 0 bridgehead atoms. The molecule has 0 unspecified atom stereocenters. The Morgan fingerprint density at radius 3 is 2.55 bits per heavy atom. The van der Waals surface area contributed by atoms with Crippen molar-refractivity contribution in [2.45, 2.75) is 30.7 Å². The summed E-state index contributed by atoms with van der Waals surface area (Å²) in [6, 6.07) is 13.9. The van der Waals surface area contributed by atoms with E-state index < -0.39 is 10.0 Å². The number of sulfonamides is 1. The lowest BCUT2D eigenvalue weighted by atomic mass is 10.0. The van der Waals surface area contributed by atoms with Crippen molar-refractivity contribution in [3.05, 3.63) is 54.9 Å². The van der Waals surface area contributed by atoms with Crippen LogP contribution in [0.3, 0.4) is 0 Å². The molecule has 8 nitrogen and oxygen atoms in total. The fourth-order valence-corrected chi connectivity index (χ4v) is 4.36. The first-order chi connectivity index (χ1) is 14.6. The number of para-hydroxylation sites is 1. The summed E-state index contributed by atoms with van der Waals surface area (Å²) in [4.78, 5) is 10.9. The zero-order valence-corrected chi connectivity index (χ0v) is 20.8. The molecule has 31 heavy (non-hydrogen) atoms. The predicted octanol–water partition coefficient (Wildman–Crippen LogP) is 2.20. The minimum absolute atomic E-state index is 0. The van der Waals surface area contributed by atoms with Crippen LogP contribution in [0.2, 0.25) is 0 Å². The molecular formula is C21H31IN6O2S. The third kappa shape index (κ3) is 7.93. The van der Waals surface area contributed by atoms with Crippen LogP contribution in [0.15, 0.2) is 64.7 Å². The normalized spacial score (nSPS) is 15.3. The molecule has 1 saturated heterocycles. The lowest BCUT2D eigenvalue weighted by Gasteiger charge is -2.34. The van der Waals surface area contributed by atoms with Crippen molar-refractivity contribution in [1.82, 2.24) is 20.3 Å². The van der Waals surface area contributed by atoms with Crippen molar-refractivity contribution in [3.63, 3.8) is 0 Å². The average Bonchev–Trinajstić information content (AvgIpc) is 2.78. The Kier molecular flexibility index (Phi) is 10.5. The van der Waals surface area contributed by atoms with Crippen molar-refractivity contribution in [1.29, 1.82) is 0 Å². The van der Waals surface area contributed by atoms with E-state index in [0.717, 1.165) is 38.4 Å². The van der Waals surface area contributed by atoms with Gasteiger partial charge in [0.15, 0.2) is 5.96 Å². The maximum atomic E-state index is 12.2. The Labute approximate surface area is 202 Å². The van der Waals surface area contributed by atoms with Crippen LogP contribution >= 0.6 is 24.0 Å². The summed E-state index contributed by atoms with van der Waals surface area (Å²) in [5.41, 5.74) is 1.26. The first-order valence-electron chi connectivity index (χ1n) is 10.3. The van der Waals surface area contributed by atoms with Crippen LogP contribution in [-0.2, 0) is 10.0 Å². The number of hydrogen-bond donors (Lipinski definition) is 3. The van der Waals surface area contributed by atoms with Gasteiger partial charge in [-0.3, -0.25) is 9.98 Å². The molecule has 3 rings (SSSR count). The summed E-state index contributed by atoms with van der Waals surface area (Å²) in [5.74, 6) is 0.719. The second kappa shape index (κ2) is 12.8. The Morgan fingerprint density at radius 2 is 1.90 bits per heavy atom. The highest BCUT2D eigenvalue weighted by Gasteiger charge is 2.20. The monoisotopic (exact) mass is 558 g/mol. The van der Waals surface area contributed by atoms with Crippen molar-refractivity contribution < 1.29 is 8.42 Å².